The van der Waals surface area contributed by atoms with E-state index in [0.29, 0.717) is 5.92 Å². The Hall–Kier alpha value is -2.23. The first-order chi connectivity index (χ1) is 11.1. The van der Waals surface area contributed by atoms with Gasteiger partial charge >= 0.3 is 6.03 Å². The van der Waals surface area contributed by atoms with Crippen LogP contribution in [0.4, 0.5) is 10.5 Å². The summed E-state index contributed by atoms with van der Waals surface area (Å²) < 4.78 is 0. The van der Waals surface area contributed by atoms with Crippen LogP contribution in [0, 0.1) is 12.8 Å². The van der Waals surface area contributed by atoms with Gasteiger partial charge in [-0.05, 0) is 69.2 Å². The summed E-state index contributed by atoms with van der Waals surface area (Å²) in [7, 11) is 0. The molecule has 1 aromatic heterocycles. The summed E-state index contributed by atoms with van der Waals surface area (Å²) in [6.07, 6.45) is 5.82. The highest BCUT2D eigenvalue weighted by atomic mass is 16.2. The highest BCUT2D eigenvalue weighted by Gasteiger charge is 2.15. The van der Waals surface area contributed by atoms with Gasteiger partial charge in [-0.3, -0.25) is 0 Å². The Morgan fingerprint density at radius 3 is 3.09 bits per heavy atom. The number of carbonyl (C=O) groups is 1. The standard InChI is InChI=1S/C19H25N3O/c1-13-4-3-5-15(10-13)8-9-20-19(23)22-17-6-7-18-16(12-17)11-14(2)21-18/h6-7,11-12,15,21H,1,3-5,8-10H2,2H3,(H2,20,22,23). The van der Waals surface area contributed by atoms with Gasteiger partial charge in [-0.1, -0.05) is 12.2 Å². The lowest BCUT2D eigenvalue weighted by Gasteiger charge is -2.23. The van der Waals surface area contributed by atoms with Crippen molar-refractivity contribution in [1.29, 1.82) is 0 Å². The average Bonchev–Trinajstić information content (AvgIpc) is 2.86. The Balaban J connectivity index is 1.47. The molecule has 1 aliphatic rings. The molecule has 3 rings (SSSR count). The SMILES string of the molecule is C=C1CCCC(CCNC(=O)Nc2ccc3[nH]c(C)cc3c2)C1. The van der Waals surface area contributed by atoms with Crippen molar-refractivity contribution in [3.63, 3.8) is 0 Å². The summed E-state index contributed by atoms with van der Waals surface area (Å²) >= 11 is 0. The molecule has 2 amide bonds. The molecule has 1 atom stereocenters. The summed E-state index contributed by atoms with van der Waals surface area (Å²) in [5.41, 5.74) is 4.39. The number of aromatic nitrogens is 1. The highest BCUT2D eigenvalue weighted by molar-refractivity contribution is 5.92. The fourth-order valence-corrected chi connectivity index (χ4v) is 3.42. The lowest BCUT2D eigenvalue weighted by atomic mass is 9.84. The van der Waals surface area contributed by atoms with Gasteiger partial charge < -0.3 is 15.6 Å². The summed E-state index contributed by atoms with van der Waals surface area (Å²) in [4.78, 5) is 15.3. The van der Waals surface area contributed by atoms with E-state index in [1.807, 2.05) is 25.1 Å². The minimum atomic E-state index is -0.133. The fraction of sp³-hybridized carbons (Fsp3) is 0.421. The molecule has 0 aliphatic heterocycles. The average molecular weight is 311 g/mol. The predicted molar refractivity (Wildman–Crippen MR) is 95.8 cm³/mol. The molecule has 2 aromatic rings. The Labute approximate surface area is 137 Å². The number of benzene rings is 1. The number of hydrogen-bond acceptors (Lipinski definition) is 1. The van der Waals surface area contributed by atoms with E-state index < -0.39 is 0 Å². The maximum Gasteiger partial charge on any atom is 0.319 e. The number of aryl methyl sites for hydroxylation is 1. The van der Waals surface area contributed by atoms with Crippen molar-refractivity contribution in [3.8, 4) is 0 Å². The van der Waals surface area contributed by atoms with Crippen LogP contribution < -0.4 is 10.6 Å². The predicted octanol–water partition coefficient (Wildman–Crippen LogP) is 4.73. The largest absolute Gasteiger partial charge is 0.359 e. The first-order valence-corrected chi connectivity index (χ1v) is 8.41. The minimum Gasteiger partial charge on any atom is -0.359 e. The molecule has 1 aliphatic carbocycles. The molecular weight excluding hydrogens is 286 g/mol. The number of H-pyrrole nitrogens is 1. The van der Waals surface area contributed by atoms with Crippen molar-refractivity contribution in [3.05, 3.63) is 42.1 Å². The molecule has 1 heterocycles. The second-order valence-corrected chi connectivity index (χ2v) is 6.64. The normalized spacial score (nSPS) is 18.1. The minimum absolute atomic E-state index is 0.133. The van der Waals surface area contributed by atoms with Gasteiger partial charge in [0, 0.05) is 28.8 Å². The van der Waals surface area contributed by atoms with Crippen LogP contribution in [0.1, 0.15) is 37.8 Å². The van der Waals surface area contributed by atoms with Gasteiger partial charge in [0.1, 0.15) is 0 Å². The number of amides is 2. The van der Waals surface area contributed by atoms with Gasteiger partial charge in [0.05, 0.1) is 0 Å². The van der Waals surface area contributed by atoms with Crippen molar-refractivity contribution in [2.75, 3.05) is 11.9 Å². The number of allylic oxidation sites excluding steroid dienone is 1. The van der Waals surface area contributed by atoms with Crippen LogP contribution >= 0.6 is 0 Å². The summed E-state index contributed by atoms with van der Waals surface area (Å²) in [5.74, 6) is 0.677. The van der Waals surface area contributed by atoms with Gasteiger partial charge in [0.2, 0.25) is 0 Å². The van der Waals surface area contributed by atoms with Crippen molar-refractivity contribution >= 4 is 22.6 Å². The van der Waals surface area contributed by atoms with Crippen LogP contribution in [0.25, 0.3) is 10.9 Å². The number of fused-ring (bicyclic) bond motifs is 1. The molecule has 1 saturated carbocycles. The van der Waals surface area contributed by atoms with Crippen LogP contribution in [0.15, 0.2) is 36.4 Å². The molecule has 23 heavy (non-hydrogen) atoms. The van der Waals surface area contributed by atoms with E-state index in [1.54, 1.807) is 0 Å². The highest BCUT2D eigenvalue weighted by Crippen LogP contribution is 2.29. The molecule has 3 N–H and O–H groups in total. The maximum atomic E-state index is 12.0. The summed E-state index contributed by atoms with van der Waals surface area (Å²) in [6, 6.07) is 7.85. The number of hydrogen-bond donors (Lipinski definition) is 3. The smallest absolute Gasteiger partial charge is 0.319 e. The molecule has 0 spiro atoms. The topological polar surface area (TPSA) is 56.9 Å². The second-order valence-electron chi connectivity index (χ2n) is 6.64. The molecule has 4 heteroatoms. The van der Waals surface area contributed by atoms with E-state index in [9.17, 15) is 4.79 Å². The van der Waals surface area contributed by atoms with Crippen LogP contribution in [-0.2, 0) is 0 Å². The molecular formula is C19H25N3O. The van der Waals surface area contributed by atoms with Gasteiger partial charge in [0.15, 0.2) is 0 Å². The van der Waals surface area contributed by atoms with E-state index in [4.69, 9.17) is 0 Å². The number of anilines is 1. The number of aromatic amines is 1. The molecule has 4 nitrogen and oxygen atoms in total. The molecule has 1 aromatic carbocycles. The van der Waals surface area contributed by atoms with E-state index in [-0.39, 0.29) is 6.03 Å². The first-order valence-electron chi connectivity index (χ1n) is 8.41. The zero-order valence-corrected chi connectivity index (χ0v) is 13.7. The zero-order chi connectivity index (χ0) is 16.2. The van der Waals surface area contributed by atoms with Crippen LogP contribution in [0.3, 0.4) is 0 Å². The maximum absolute atomic E-state index is 12.0. The Morgan fingerprint density at radius 1 is 1.39 bits per heavy atom. The van der Waals surface area contributed by atoms with Crippen molar-refractivity contribution in [2.45, 2.75) is 39.0 Å². The van der Waals surface area contributed by atoms with Gasteiger partial charge in [-0.2, -0.15) is 0 Å². The Kier molecular flexibility index (Phi) is 4.70. The fourth-order valence-electron chi connectivity index (χ4n) is 3.42. The second kappa shape index (κ2) is 6.90. The number of nitrogens with one attached hydrogen (secondary N) is 3. The van der Waals surface area contributed by atoms with Crippen molar-refractivity contribution in [2.24, 2.45) is 5.92 Å². The third-order valence-corrected chi connectivity index (χ3v) is 4.57. The molecule has 0 radical (unpaired) electrons. The third kappa shape index (κ3) is 4.15. The molecule has 0 bridgehead atoms. The number of urea groups is 1. The van der Waals surface area contributed by atoms with Gasteiger partial charge in [0.25, 0.3) is 0 Å². The van der Waals surface area contributed by atoms with Crippen molar-refractivity contribution < 1.29 is 4.79 Å². The monoisotopic (exact) mass is 311 g/mol. The Morgan fingerprint density at radius 2 is 2.26 bits per heavy atom. The van der Waals surface area contributed by atoms with E-state index in [2.05, 4.69) is 28.3 Å². The Bertz CT molecular complexity index is 716. The van der Waals surface area contributed by atoms with Gasteiger partial charge in [-0.15, -0.1) is 0 Å². The third-order valence-electron chi connectivity index (χ3n) is 4.57. The van der Waals surface area contributed by atoms with Gasteiger partial charge in [-0.25, -0.2) is 4.79 Å². The van der Waals surface area contributed by atoms with Crippen molar-refractivity contribution in [1.82, 2.24) is 10.3 Å². The van der Waals surface area contributed by atoms with E-state index in [1.165, 1.54) is 24.8 Å². The zero-order valence-electron chi connectivity index (χ0n) is 13.7. The molecule has 1 fully saturated rings. The number of rotatable bonds is 4. The summed E-state index contributed by atoms with van der Waals surface area (Å²) in [5, 5.41) is 6.98. The van der Waals surface area contributed by atoms with Crippen LogP contribution in [-0.4, -0.2) is 17.6 Å². The van der Waals surface area contributed by atoms with Crippen LogP contribution in [0.5, 0.6) is 0 Å². The lowest BCUT2D eigenvalue weighted by Crippen LogP contribution is -2.30. The molecule has 1 unspecified atom stereocenters. The molecule has 122 valence electrons. The van der Waals surface area contributed by atoms with E-state index >= 15 is 0 Å². The summed E-state index contributed by atoms with van der Waals surface area (Å²) in [6.45, 7) is 6.83. The lowest BCUT2D eigenvalue weighted by molar-refractivity contribution is 0.250. The first kappa shape index (κ1) is 15.7. The quantitative estimate of drug-likeness (QED) is 0.702. The molecule has 0 saturated heterocycles. The number of carbonyl (C=O) groups excluding carboxylic acids is 1. The van der Waals surface area contributed by atoms with Crippen LogP contribution in [0.2, 0.25) is 0 Å². The van der Waals surface area contributed by atoms with E-state index in [0.717, 1.165) is 41.7 Å².